The van der Waals surface area contributed by atoms with Crippen LogP contribution in [0.25, 0.3) is 10.9 Å². The van der Waals surface area contributed by atoms with Crippen LogP contribution < -0.4 is 5.73 Å². The highest BCUT2D eigenvalue weighted by Crippen LogP contribution is 2.26. The summed E-state index contributed by atoms with van der Waals surface area (Å²) in [6.45, 7) is 1.46. The van der Waals surface area contributed by atoms with Gasteiger partial charge in [0, 0.05) is 18.1 Å². The van der Waals surface area contributed by atoms with Crippen molar-refractivity contribution in [3.05, 3.63) is 42.1 Å². The fourth-order valence-corrected chi connectivity index (χ4v) is 1.51. The Morgan fingerprint density at radius 2 is 2.20 bits per heavy atom. The number of rotatable bonds is 2. The normalized spacial score (nSPS) is 15.1. The quantitative estimate of drug-likeness (QED) is 0.815. The number of halogens is 1. The molecule has 1 aromatic carbocycles. The van der Waals surface area contributed by atoms with E-state index in [9.17, 15) is 4.39 Å². The molecule has 0 saturated heterocycles. The molecule has 1 unspecified atom stereocenters. The molecule has 2 rings (SSSR count). The second-order valence-corrected chi connectivity index (χ2v) is 3.81. The predicted molar refractivity (Wildman–Crippen MR) is 59.3 cm³/mol. The molecule has 1 aromatic heterocycles. The average Bonchev–Trinajstić information content (AvgIpc) is 2.28. The maximum Gasteiger partial charge on any atom is 0.145 e. The van der Waals surface area contributed by atoms with E-state index in [1.165, 1.54) is 6.92 Å². The number of benzene rings is 1. The second kappa shape index (κ2) is 3.59. The molecule has 0 aliphatic carbocycles. The molecule has 1 atom stereocenters. The van der Waals surface area contributed by atoms with Crippen molar-refractivity contribution in [3.63, 3.8) is 0 Å². The smallest absolute Gasteiger partial charge is 0.145 e. The lowest BCUT2D eigenvalue weighted by atomic mass is 9.97. The van der Waals surface area contributed by atoms with Crippen LogP contribution in [-0.4, -0.2) is 11.5 Å². The van der Waals surface area contributed by atoms with Crippen molar-refractivity contribution >= 4 is 10.9 Å². The molecule has 0 aliphatic heterocycles. The van der Waals surface area contributed by atoms with Gasteiger partial charge in [0.1, 0.15) is 5.67 Å². The highest BCUT2D eigenvalue weighted by Gasteiger charge is 2.23. The third-order valence-electron chi connectivity index (χ3n) is 2.59. The zero-order chi connectivity index (χ0) is 10.9. The lowest BCUT2D eigenvalue weighted by Crippen LogP contribution is -2.26. The number of aromatic nitrogens is 1. The zero-order valence-electron chi connectivity index (χ0n) is 8.57. The summed E-state index contributed by atoms with van der Waals surface area (Å²) >= 11 is 0. The van der Waals surface area contributed by atoms with E-state index in [4.69, 9.17) is 5.73 Å². The Bertz CT molecular complexity index is 480. The molecule has 2 aromatic rings. The Morgan fingerprint density at radius 1 is 1.40 bits per heavy atom. The van der Waals surface area contributed by atoms with Crippen LogP contribution in [0, 0.1) is 0 Å². The summed E-state index contributed by atoms with van der Waals surface area (Å²) in [6.07, 6.45) is 1.70. The van der Waals surface area contributed by atoms with Crippen LogP contribution in [0.5, 0.6) is 0 Å². The molecule has 15 heavy (non-hydrogen) atoms. The summed E-state index contributed by atoms with van der Waals surface area (Å²) in [7, 11) is 0. The van der Waals surface area contributed by atoms with E-state index in [-0.39, 0.29) is 6.54 Å². The standard InChI is InChI=1S/C12H13FN2/c1-12(13,8-14)10-5-4-9-3-2-6-15-11(9)7-10/h2-7H,8,14H2,1H3. The average molecular weight is 204 g/mol. The number of hydrogen-bond donors (Lipinski definition) is 1. The predicted octanol–water partition coefficient (Wildman–Crippen LogP) is 2.38. The molecule has 0 fully saturated rings. The van der Waals surface area contributed by atoms with Crippen LogP contribution in [-0.2, 0) is 5.67 Å². The van der Waals surface area contributed by atoms with E-state index in [1.54, 1.807) is 18.3 Å². The summed E-state index contributed by atoms with van der Waals surface area (Å²) in [5.41, 5.74) is 5.28. The Morgan fingerprint density at radius 3 is 2.93 bits per heavy atom. The molecule has 3 heteroatoms. The lowest BCUT2D eigenvalue weighted by Gasteiger charge is -2.18. The van der Waals surface area contributed by atoms with Crippen LogP contribution in [0.15, 0.2) is 36.5 Å². The van der Waals surface area contributed by atoms with Crippen LogP contribution in [0.2, 0.25) is 0 Å². The molecule has 0 spiro atoms. The van der Waals surface area contributed by atoms with E-state index in [0.717, 1.165) is 10.9 Å². The fraction of sp³-hybridized carbons (Fsp3) is 0.250. The minimum atomic E-state index is -1.48. The summed E-state index contributed by atoms with van der Waals surface area (Å²) in [5.74, 6) is 0. The van der Waals surface area contributed by atoms with Gasteiger partial charge in [-0.1, -0.05) is 18.2 Å². The number of nitrogens with two attached hydrogens (primary N) is 1. The summed E-state index contributed by atoms with van der Waals surface area (Å²) in [4.78, 5) is 4.18. The molecule has 0 saturated carbocycles. The van der Waals surface area contributed by atoms with Crippen LogP contribution >= 0.6 is 0 Å². The van der Waals surface area contributed by atoms with E-state index >= 15 is 0 Å². The van der Waals surface area contributed by atoms with Gasteiger partial charge in [-0.25, -0.2) is 4.39 Å². The molecule has 0 amide bonds. The number of alkyl halides is 1. The molecule has 78 valence electrons. The van der Waals surface area contributed by atoms with Gasteiger partial charge in [0.2, 0.25) is 0 Å². The van der Waals surface area contributed by atoms with Crippen molar-refractivity contribution < 1.29 is 4.39 Å². The summed E-state index contributed by atoms with van der Waals surface area (Å²) in [6, 6.07) is 9.19. The van der Waals surface area contributed by atoms with Gasteiger partial charge >= 0.3 is 0 Å². The summed E-state index contributed by atoms with van der Waals surface area (Å²) in [5, 5.41) is 1.01. The van der Waals surface area contributed by atoms with Crippen LogP contribution in [0.3, 0.4) is 0 Å². The topological polar surface area (TPSA) is 38.9 Å². The van der Waals surface area contributed by atoms with E-state index in [1.807, 2.05) is 18.2 Å². The highest BCUT2D eigenvalue weighted by atomic mass is 19.1. The molecule has 1 heterocycles. The molecule has 0 radical (unpaired) electrons. The first-order chi connectivity index (χ1) is 7.13. The largest absolute Gasteiger partial charge is 0.327 e. The number of hydrogen-bond acceptors (Lipinski definition) is 2. The molecule has 2 N–H and O–H groups in total. The van der Waals surface area contributed by atoms with Crippen molar-refractivity contribution in [3.8, 4) is 0 Å². The second-order valence-electron chi connectivity index (χ2n) is 3.81. The minimum absolute atomic E-state index is 0.0225. The van der Waals surface area contributed by atoms with E-state index in [0.29, 0.717) is 5.56 Å². The summed E-state index contributed by atoms with van der Waals surface area (Å²) < 4.78 is 13.9. The Kier molecular flexibility index (Phi) is 2.40. The van der Waals surface area contributed by atoms with Gasteiger partial charge in [0.05, 0.1) is 5.52 Å². The van der Waals surface area contributed by atoms with Gasteiger partial charge in [-0.05, 0) is 24.6 Å². The van der Waals surface area contributed by atoms with Crippen LogP contribution in [0.1, 0.15) is 12.5 Å². The van der Waals surface area contributed by atoms with Gasteiger partial charge in [0.25, 0.3) is 0 Å². The fourth-order valence-electron chi connectivity index (χ4n) is 1.51. The molecule has 2 nitrogen and oxygen atoms in total. The Hall–Kier alpha value is -1.48. The third kappa shape index (κ3) is 1.83. The Labute approximate surface area is 87.9 Å². The van der Waals surface area contributed by atoms with E-state index < -0.39 is 5.67 Å². The Balaban J connectivity index is 2.56. The molecule has 0 aliphatic rings. The number of nitrogens with zero attached hydrogens (tertiary/aromatic N) is 1. The van der Waals surface area contributed by atoms with Gasteiger partial charge in [-0.15, -0.1) is 0 Å². The lowest BCUT2D eigenvalue weighted by molar-refractivity contribution is 0.203. The minimum Gasteiger partial charge on any atom is -0.327 e. The maximum absolute atomic E-state index is 13.9. The van der Waals surface area contributed by atoms with Crippen molar-refractivity contribution in [1.29, 1.82) is 0 Å². The zero-order valence-corrected chi connectivity index (χ0v) is 8.57. The van der Waals surface area contributed by atoms with Crippen molar-refractivity contribution in [2.24, 2.45) is 5.73 Å². The molecular weight excluding hydrogens is 191 g/mol. The van der Waals surface area contributed by atoms with Gasteiger partial charge < -0.3 is 5.73 Å². The first-order valence-corrected chi connectivity index (χ1v) is 4.88. The first kappa shape index (κ1) is 10.1. The van der Waals surface area contributed by atoms with Crippen LogP contribution in [0.4, 0.5) is 4.39 Å². The van der Waals surface area contributed by atoms with Crippen molar-refractivity contribution in [2.45, 2.75) is 12.6 Å². The number of pyridine rings is 1. The first-order valence-electron chi connectivity index (χ1n) is 4.88. The van der Waals surface area contributed by atoms with Gasteiger partial charge in [0.15, 0.2) is 0 Å². The van der Waals surface area contributed by atoms with Crippen molar-refractivity contribution in [1.82, 2.24) is 4.98 Å². The SMILES string of the molecule is CC(F)(CN)c1ccc2cccnc2c1. The van der Waals surface area contributed by atoms with E-state index in [2.05, 4.69) is 4.98 Å². The highest BCUT2D eigenvalue weighted by molar-refractivity contribution is 5.79. The maximum atomic E-state index is 13.9. The van der Waals surface area contributed by atoms with Crippen molar-refractivity contribution in [2.75, 3.05) is 6.54 Å². The molecular formula is C12H13FN2. The molecule has 0 bridgehead atoms. The van der Waals surface area contributed by atoms with Gasteiger partial charge in [-0.2, -0.15) is 0 Å². The van der Waals surface area contributed by atoms with Gasteiger partial charge in [-0.3, -0.25) is 4.98 Å². The number of fused-ring (bicyclic) bond motifs is 1. The third-order valence-corrected chi connectivity index (χ3v) is 2.59. The monoisotopic (exact) mass is 204 g/mol.